The van der Waals surface area contributed by atoms with E-state index in [0.29, 0.717) is 22.2 Å². The molecule has 8 heteroatoms. The van der Waals surface area contributed by atoms with E-state index in [2.05, 4.69) is 24.3 Å². The number of benzene rings is 3. The van der Waals surface area contributed by atoms with Crippen LogP contribution in [0.4, 0.5) is 0 Å². The summed E-state index contributed by atoms with van der Waals surface area (Å²) >= 11 is 20.2. The largest absolute Gasteiger partial charge is 0.465 e. The van der Waals surface area contributed by atoms with Gasteiger partial charge < -0.3 is 9.30 Å². The van der Waals surface area contributed by atoms with Crippen molar-refractivity contribution in [1.82, 2.24) is 9.55 Å². The Labute approximate surface area is 239 Å². The zero-order valence-corrected chi connectivity index (χ0v) is 23.3. The van der Waals surface area contributed by atoms with E-state index in [4.69, 9.17) is 44.5 Å². The summed E-state index contributed by atoms with van der Waals surface area (Å²) in [6.07, 6.45) is 5.97. The van der Waals surface area contributed by atoms with Gasteiger partial charge in [-0.15, -0.1) is 11.3 Å². The highest BCUT2D eigenvalue weighted by Gasteiger charge is 2.13. The Morgan fingerprint density at radius 2 is 1.71 bits per heavy atom. The number of methoxy groups -OCH3 is 1. The van der Waals surface area contributed by atoms with Crippen LogP contribution < -0.4 is 0 Å². The molecule has 2 heterocycles. The molecule has 0 fully saturated rings. The third-order valence-electron chi connectivity index (χ3n) is 5.94. The molecule has 4 nitrogen and oxygen atoms in total. The quantitative estimate of drug-likeness (QED) is 0.181. The fraction of sp³-hybridized carbons (Fsp3) is 0.0667. The van der Waals surface area contributed by atoms with E-state index in [0.717, 1.165) is 43.0 Å². The van der Waals surface area contributed by atoms with Crippen LogP contribution in [-0.2, 0) is 11.3 Å². The Balaban J connectivity index is 1.45. The zero-order chi connectivity index (χ0) is 26.6. The molecule has 3 aromatic carbocycles. The third kappa shape index (κ3) is 6.03. The number of carbonyl (C=O) groups is 1. The Bertz CT molecular complexity index is 1620. The van der Waals surface area contributed by atoms with Crippen LogP contribution in [0.2, 0.25) is 14.4 Å². The predicted molar refractivity (Wildman–Crippen MR) is 158 cm³/mol. The number of halogens is 3. The fourth-order valence-electron chi connectivity index (χ4n) is 3.98. The summed E-state index contributed by atoms with van der Waals surface area (Å²) in [5.74, 6) is 0.396. The molecule has 0 saturated heterocycles. The first-order valence-electron chi connectivity index (χ1n) is 11.6. The summed E-state index contributed by atoms with van der Waals surface area (Å²) in [5, 5.41) is 1.10. The lowest BCUT2D eigenvalue weighted by Crippen LogP contribution is -2.03. The summed E-state index contributed by atoms with van der Waals surface area (Å²) in [7, 11) is 1.37. The molecule has 0 aliphatic carbocycles. The van der Waals surface area contributed by atoms with Crippen molar-refractivity contribution in [2.45, 2.75) is 6.54 Å². The molecule has 0 saturated carbocycles. The van der Waals surface area contributed by atoms with Crippen molar-refractivity contribution in [3.05, 3.63) is 122 Å². The standard InChI is InChI=1S/C30H21Cl3N2O2S/c1-37-30(36)22-9-4-20(5-10-22)17-35-18-26(24-12-11-23(31)16-25(24)32)34-29(35)15-6-19-2-7-21(8-3-19)27-13-14-28(33)38-27/h2-16,18H,17H2,1H3/b15-6+. The highest BCUT2D eigenvalue weighted by Crippen LogP contribution is 2.32. The van der Waals surface area contributed by atoms with Gasteiger partial charge in [-0.1, -0.05) is 77.3 Å². The molecule has 190 valence electrons. The molecule has 0 aliphatic heterocycles. The van der Waals surface area contributed by atoms with Crippen molar-refractivity contribution in [3.8, 4) is 21.7 Å². The van der Waals surface area contributed by atoms with E-state index >= 15 is 0 Å². The first-order chi connectivity index (χ1) is 18.4. The maximum Gasteiger partial charge on any atom is 0.337 e. The number of hydrogen-bond acceptors (Lipinski definition) is 4. The van der Waals surface area contributed by atoms with Crippen LogP contribution in [0.5, 0.6) is 0 Å². The number of aromatic nitrogens is 2. The van der Waals surface area contributed by atoms with Gasteiger partial charge in [-0.2, -0.15) is 0 Å². The number of esters is 1. The second-order valence-electron chi connectivity index (χ2n) is 8.48. The van der Waals surface area contributed by atoms with Crippen molar-refractivity contribution in [2.75, 3.05) is 7.11 Å². The summed E-state index contributed by atoms with van der Waals surface area (Å²) in [5.41, 5.74) is 5.21. The zero-order valence-electron chi connectivity index (χ0n) is 20.2. The van der Waals surface area contributed by atoms with Crippen molar-refractivity contribution < 1.29 is 9.53 Å². The summed E-state index contributed by atoms with van der Waals surface area (Å²) < 4.78 is 7.62. The molecule has 0 unspecified atom stereocenters. The maximum absolute atomic E-state index is 11.8. The Morgan fingerprint density at radius 1 is 0.947 bits per heavy atom. The molecule has 38 heavy (non-hydrogen) atoms. The van der Waals surface area contributed by atoms with Gasteiger partial charge in [0.15, 0.2) is 0 Å². The van der Waals surface area contributed by atoms with Crippen molar-refractivity contribution in [3.63, 3.8) is 0 Å². The van der Waals surface area contributed by atoms with Gasteiger partial charge in [0, 0.05) is 28.2 Å². The Hall–Kier alpha value is -3.35. The molecule has 0 atom stereocenters. The molecule has 5 rings (SSSR count). The monoisotopic (exact) mass is 578 g/mol. The van der Waals surface area contributed by atoms with Gasteiger partial charge >= 0.3 is 5.97 Å². The number of carbonyl (C=O) groups excluding carboxylic acids is 1. The SMILES string of the molecule is COC(=O)c1ccc(Cn2cc(-c3ccc(Cl)cc3Cl)nc2/C=C/c2ccc(-c3ccc(Cl)s3)cc2)cc1. The molecule has 5 aromatic rings. The van der Waals surface area contributed by atoms with Crippen LogP contribution in [0.1, 0.15) is 27.3 Å². The van der Waals surface area contributed by atoms with Gasteiger partial charge in [-0.25, -0.2) is 9.78 Å². The minimum Gasteiger partial charge on any atom is -0.465 e. The third-order valence-corrected chi connectivity index (χ3v) is 7.76. The molecule has 0 aliphatic rings. The fourth-order valence-corrected chi connectivity index (χ4v) is 5.53. The lowest BCUT2D eigenvalue weighted by atomic mass is 10.1. The highest BCUT2D eigenvalue weighted by molar-refractivity contribution is 7.19. The maximum atomic E-state index is 11.8. The van der Waals surface area contributed by atoms with Gasteiger partial charge in [-0.05, 0) is 65.2 Å². The molecule has 0 bridgehead atoms. The molecule has 0 spiro atoms. The van der Waals surface area contributed by atoms with E-state index < -0.39 is 0 Å². The normalized spacial score (nSPS) is 11.3. The molecule has 2 aromatic heterocycles. The Kier molecular flexibility index (Phi) is 8.01. The second-order valence-corrected chi connectivity index (χ2v) is 11.0. The van der Waals surface area contributed by atoms with Crippen LogP contribution in [0, 0.1) is 0 Å². The van der Waals surface area contributed by atoms with E-state index in [9.17, 15) is 4.79 Å². The van der Waals surface area contributed by atoms with E-state index in [-0.39, 0.29) is 5.97 Å². The Morgan fingerprint density at radius 3 is 2.37 bits per heavy atom. The van der Waals surface area contributed by atoms with Crippen LogP contribution in [0.15, 0.2) is 85.1 Å². The van der Waals surface area contributed by atoms with Gasteiger partial charge in [0.2, 0.25) is 0 Å². The molecular formula is C30H21Cl3N2O2S. The number of imidazole rings is 1. The molecule has 0 radical (unpaired) electrons. The summed E-state index contributed by atoms with van der Waals surface area (Å²) in [4.78, 5) is 17.8. The highest BCUT2D eigenvalue weighted by atomic mass is 35.5. The van der Waals surface area contributed by atoms with Crippen molar-refractivity contribution >= 4 is 64.3 Å². The van der Waals surface area contributed by atoms with E-state index in [1.54, 1.807) is 35.6 Å². The number of hydrogen-bond donors (Lipinski definition) is 0. The number of rotatable bonds is 7. The molecule has 0 N–H and O–H groups in total. The van der Waals surface area contributed by atoms with E-state index in [1.807, 2.05) is 53.2 Å². The minimum absolute atomic E-state index is 0.365. The predicted octanol–water partition coefficient (Wildman–Crippen LogP) is 9.24. The topological polar surface area (TPSA) is 44.1 Å². The second kappa shape index (κ2) is 11.6. The lowest BCUT2D eigenvalue weighted by molar-refractivity contribution is 0.0600. The van der Waals surface area contributed by atoms with Crippen LogP contribution in [0.25, 0.3) is 33.9 Å². The van der Waals surface area contributed by atoms with Crippen LogP contribution in [0.3, 0.4) is 0 Å². The van der Waals surface area contributed by atoms with Crippen LogP contribution in [-0.4, -0.2) is 22.6 Å². The number of thiophene rings is 1. The summed E-state index contributed by atoms with van der Waals surface area (Å²) in [6.45, 7) is 0.553. The van der Waals surface area contributed by atoms with Gasteiger partial charge in [0.1, 0.15) is 5.82 Å². The lowest BCUT2D eigenvalue weighted by Gasteiger charge is -2.07. The first kappa shape index (κ1) is 26.3. The van der Waals surface area contributed by atoms with Crippen molar-refractivity contribution in [1.29, 1.82) is 0 Å². The molecular weight excluding hydrogens is 559 g/mol. The van der Waals surface area contributed by atoms with Gasteiger partial charge in [0.05, 0.1) is 27.7 Å². The van der Waals surface area contributed by atoms with Gasteiger partial charge in [0.25, 0.3) is 0 Å². The molecule has 0 amide bonds. The first-order valence-corrected chi connectivity index (χ1v) is 13.6. The van der Waals surface area contributed by atoms with Crippen LogP contribution >= 0.6 is 46.1 Å². The average Bonchev–Trinajstić information content (AvgIpc) is 3.53. The minimum atomic E-state index is -0.365. The average molecular weight is 580 g/mol. The number of nitrogens with zero attached hydrogens (tertiary/aromatic N) is 2. The smallest absolute Gasteiger partial charge is 0.337 e. The number of ether oxygens (including phenoxy) is 1. The van der Waals surface area contributed by atoms with Crippen molar-refractivity contribution in [2.24, 2.45) is 0 Å². The van der Waals surface area contributed by atoms with E-state index in [1.165, 1.54) is 7.11 Å². The van der Waals surface area contributed by atoms with Gasteiger partial charge in [-0.3, -0.25) is 0 Å². The summed E-state index contributed by atoms with van der Waals surface area (Å²) in [6, 6.07) is 24.9.